The lowest BCUT2D eigenvalue weighted by molar-refractivity contribution is 0.0594. The Morgan fingerprint density at radius 1 is 1.35 bits per heavy atom. The second-order valence-electron chi connectivity index (χ2n) is 4.70. The number of H-pyrrole nitrogens is 1. The Bertz CT molecular complexity index is 900. The molecule has 2 heterocycles. The van der Waals surface area contributed by atoms with E-state index in [0.29, 0.717) is 22.0 Å². The highest BCUT2D eigenvalue weighted by molar-refractivity contribution is 7.98. The van der Waals surface area contributed by atoms with Crippen LogP contribution in [0.15, 0.2) is 34.1 Å². The van der Waals surface area contributed by atoms with Crippen molar-refractivity contribution >= 4 is 39.3 Å². The normalized spacial score (nSPS) is 10.9. The molecule has 0 fully saturated rings. The van der Waals surface area contributed by atoms with Crippen molar-refractivity contribution in [2.75, 3.05) is 7.11 Å². The van der Waals surface area contributed by atoms with Crippen molar-refractivity contribution in [3.05, 3.63) is 51.0 Å². The zero-order valence-electron chi connectivity index (χ0n) is 12.5. The van der Waals surface area contributed by atoms with Crippen molar-refractivity contribution in [1.29, 1.82) is 0 Å². The number of aromatic amines is 1. The SMILES string of the molecule is COC(=O)c1c(SCc2nc3ccccc3s2)nc(=O)[nH]c1C. The van der Waals surface area contributed by atoms with Gasteiger partial charge in [0.05, 0.1) is 23.1 Å². The molecule has 0 bridgehead atoms. The van der Waals surface area contributed by atoms with Crippen molar-refractivity contribution in [3.8, 4) is 0 Å². The van der Waals surface area contributed by atoms with E-state index < -0.39 is 11.7 Å². The molecule has 0 aliphatic rings. The van der Waals surface area contributed by atoms with Gasteiger partial charge in [-0.3, -0.25) is 0 Å². The average Bonchev–Trinajstić information content (AvgIpc) is 2.94. The summed E-state index contributed by atoms with van der Waals surface area (Å²) in [5, 5.41) is 1.27. The van der Waals surface area contributed by atoms with Crippen molar-refractivity contribution < 1.29 is 9.53 Å². The van der Waals surface area contributed by atoms with Crippen LogP contribution in [0.3, 0.4) is 0 Å². The van der Waals surface area contributed by atoms with Crippen molar-refractivity contribution in [3.63, 3.8) is 0 Å². The Hall–Kier alpha value is -2.19. The molecule has 1 N–H and O–H groups in total. The molecule has 0 unspecified atom stereocenters. The number of carbonyl (C=O) groups is 1. The number of aromatic nitrogens is 3. The van der Waals surface area contributed by atoms with Gasteiger partial charge >= 0.3 is 11.7 Å². The van der Waals surface area contributed by atoms with Gasteiger partial charge in [0.15, 0.2) is 0 Å². The van der Waals surface area contributed by atoms with Crippen LogP contribution in [0.5, 0.6) is 0 Å². The summed E-state index contributed by atoms with van der Waals surface area (Å²) in [5.41, 5.74) is 1.19. The first kappa shape index (κ1) is 15.7. The van der Waals surface area contributed by atoms with Gasteiger partial charge in [0.1, 0.15) is 15.6 Å². The van der Waals surface area contributed by atoms with E-state index in [2.05, 4.69) is 15.0 Å². The fourth-order valence-corrected chi connectivity index (χ4v) is 4.15. The molecule has 0 radical (unpaired) electrons. The van der Waals surface area contributed by atoms with E-state index in [1.54, 1.807) is 18.3 Å². The number of esters is 1. The summed E-state index contributed by atoms with van der Waals surface area (Å²) < 4.78 is 5.87. The van der Waals surface area contributed by atoms with Crippen LogP contribution in [0, 0.1) is 6.92 Å². The van der Waals surface area contributed by atoms with Crippen LogP contribution < -0.4 is 5.69 Å². The predicted octanol–water partition coefficient (Wildman–Crippen LogP) is 2.77. The van der Waals surface area contributed by atoms with E-state index >= 15 is 0 Å². The van der Waals surface area contributed by atoms with Gasteiger partial charge in [-0.15, -0.1) is 11.3 Å². The van der Waals surface area contributed by atoms with E-state index in [4.69, 9.17) is 4.74 Å². The highest BCUT2D eigenvalue weighted by Crippen LogP contribution is 2.29. The van der Waals surface area contributed by atoms with E-state index in [0.717, 1.165) is 15.2 Å². The molecule has 1 aromatic carbocycles. The quantitative estimate of drug-likeness (QED) is 0.444. The Morgan fingerprint density at radius 3 is 2.87 bits per heavy atom. The zero-order chi connectivity index (χ0) is 16.4. The minimum atomic E-state index is -0.516. The summed E-state index contributed by atoms with van der Waals surface area (Å²) in [7, 11) is 1.30. The van der Waals surface area contributed by atoms with Gasteiger partial charge in [0.25, 0.3) is 0 Å². The smallest absolute Gasteiger partial charge is 0.346 e. The molecule has 0 atom stereocenters. The van der Waals surface area contributed by atoms with E-state index in [9.17, 15) is 9.59 Å². The minimum absolute atomic E-state index is 0.290. The summed E-state index contributed by atoms with van der Waals surface area (Å²) in [6, 6.07) is 7.87. The number of thiazole rings is 1. The lowest BCUT2D eigenvalue weighted by Gasteiger charge is -2.07. The first-order chi connectivity index (χ1) is 11.1. The number of thioether (sulfide) groups is 1. The van der Waals surface area contributed by atoms with Crippen LogP contribution in [0.25, 0.3) is 10.2 Å². The zero-order valence-corrected chi connectivity index (χ0v) is 14.1. The minimum Gasteiger partial charge on any atom is -0.465 e. The molecule has 0 saturated carbocycles. The highest BCUT2D eigenvalue weighted by Gasteiger charge is 2.19. The molecular weight excluding hydrogens is 334 g/mol. The third-order valence-corrected chi connectivity index (χ3v) is 5.35. The number of nitrogens with one attached hydrogen (secondary N) is 1. The fraction of sp³-hybridized carbons (Fsp3) is 0.200. The van der Waals surface area contributed by atoms with E-state index in [1.807, 2.05) is 24.3 Å². The maximum absolute atomic E-state index is 11.9. The Kier molecular flexibility index (Phi) is 4.44. The third kappa shape index (κ3) is 3.27. The summed E-state index contributed by atoms with van der Waals surface area (Å²) >= 11 is 2.89. The van der Waals surface area contributed by atoms with Crippen molar-refractivity contribution in [2.45, 2.75) is 17.7 Å². The number of ether oxygens (including phenoxy) is 1. The van der Waals surface area contributed by atoms with Crippen LogP contribution in [0.2, 0.25) is 0 Å². The topological polar surface area (TPSA) is 84.9 Å². The molecule has 0 saturated heterocycles. The molecule has 23 heavy (non-hydrogen) atoms. The summed E-state index contributed by atoms with van der Waals surface area (Å²) in [6.45, 7) is 1.65. The van der Waals surface area contributed by atoms with Crippen LogP contribution in [-0.2, 0) is 10.5 Å². The number of hydrogen-bond donors (Lipinski definition) is 1. The van der Waals surface area contributed by atoms with Crippen molar-refractivity contribution in [1.82, 2.24) is 15.0 Å². The first-order valence-corrected chi connectivity index (χ1v) is 8.55. The van der Waals surface area contributed by atoms with Crippen LogP contribution in [0.4, 0.5) is 0 Å². The summed E-state index contributed by atoms with van der Waals surface area (Å²) in [6.07, 6.45) is 0. The van der Waals surface area contributed by atoms with Gasteiger partial charge in [-0.2, -0.15) is 4.98 Å². The lowest BCUT2D eigenvalue weighted by Crippen LogP contribution is -2.19. The van der Waals surface area contributed by atoms with E-state index in [-0.39, 0.29) is 0 Å². The van der Waals surface area contributed by atoms with Gasteiger partial charge in [-0.1, -0.05) is 23.9 Å². The fourth-order valence-electron chi connectivity index (χ4n) is 2.12. The number of hydrogen-bond acceptors (Lipinski definition) is 7. The van der Waals surface area contributed by atoms with Gasteiger partial charge in [-0.05, 0) is 19.1 Å². The standard InChI is InChI=1S/C15H13N3O3S2/c1-8-12(14(19)21-2)13(18-15(20)16-8)22-7-11-17-9-5-3-4-6-10(9)23-11/h3-6H,7H2,1-2H3,(H,16,18,20). The number of benzene rings is 1. The second-order valence-corrected chi connectivity index (χ2v) is 6.78. The molecule has 0 amide bonds. The number of para-hydroxylation sites is 1. The maximum Gasteiger partial charge on any atom is 0.346 e. The predicted molar refractivity (Wildman–Crippen MR) is 90.1 cm³/mol. The Morgan fingerprint density at radius 2 is 2.13 bits per heavy atom. The van der Waals surface area contributed by atoms with Gasteiger partial charge in [0, 0.05) is 5.69 Å². The number of methoxy groups -OCH3 is 1. The number of nitrogens with zero attached hydrogens (tertiary/aromatic N) is 2. The molecular formula is C15H13N3O3S2. The highest BCUT2D eigenvalue weighted by atomic mass is 32.2. The van der Waals surface area contributed by atoms with Crippen molar-refractivity contribution in [2.24, 2.45) is 0 Å². The number of fused-ring (bicyclic) bond motifs is 1. The average molecular weight is 347 g/mol. The Labute approximate surface area is 139 Å². The maximum atomic E-state index is 11.9. The third-order valence-electron chi connectivity index (χ3n) is 3.15. The van der Waals surface area contributed by atoms with Crippen LogP contribution >= 0.6 is 23.1 Å². The largest absolute Gasteiger partial charge is 0.465 e. The van der Waals surface area contributed by atoms with Gasteiger partial charge in [0.2, 0.25) is 0 Å². The summed E-state index contributed by atoms with van der Waals surface area (Å²) in [4.78, 5) is 34.4. The second kappa shape index (κ2) is 6.51. The number of carbonyl (C=O) groups excluding carboxylic acids is 1. The number of aryl methyl sites for hydroxylation is 1. The van der Waals surface area contributed by atoms with Gasteiger partial charge < -0.3 is 9.72 Å². The lowest BCUT2D eigenvalue weighted by atomic mass is 10.2. The number of rotatable bonds is 4. The molecule has 2 aromatic heterocycles. The Balaban J connectivity index is 1.90. The van der Waals surface area contributed by atoms with Crippen LogP contribution in [-0.4, -0.2) is 28.0 Å². The van der Waals surface area contributed by atoms with Gasteiger partial charge in [-0.25, -0.2) is 14.6 Å². The first-order valence-electron chi connectivity index (χ1n) is 6.75. The molecule has 0 aliphatic carbocycles. The monoisotopic (exact) mass is 347 g/mol. The molecule has 3 rings (SSSR count). The molecule has 118 valence electrons. The molecule has 6 nitrogen and oxygen atoms in total. The van der Waals surface area contributed by atoms with E-state index in [1.165, 1.54) is 18.9 Å². The summed E-state index contributed by atoms with van der Waals surface area (Å²) in [5.74, 6) is 0.0113. The molecule has 0 aliphatic heterocycles. The molecule has 0 spiro atoms. The molecule has 8 heteroatoms. The van der Waals surface area contributed by atoms with Crippen LogP contribution in [0.1, 0.15) is 21.1 Å². The molecule has 3 aromatic rings.